The fraction of sp³-hybridized carbons (Fsp3) is 0.917. The molecular weight excluding hydrogens is 220 g/mol. The van der Waals surface area contributed by atoms with Crippen LogP contribution in [0.3, 0.4) is 0 Å². The van der Waals surface area contributed by atoms with Gasteiger partial charge < -0.3 is 10.6 Å². The Labute approximate surface area is 103 Å². The maximum Gasteiger partial charge on any atom is 0.232 e. The van der Waals surface area contributed by atoms with Crippen molar-refractivity contribution >= 4 is 17.7 Å². The lowest BCUT2D eigenvalue weighted by atomic mass is 10.2. The molecule has 94 valence electrons. The van der Waals surface area contributed by atoms with Gasteiger partial charge in [-0.25, -0.2) is 0 Å². The summed E-state index contributed by atoms with van der Waals surface area (Å²) < 4.78 is 0. The molecule has 0 aliphatic carbocycles. The fourth-order valence-corrected chi connectivity index (χ4v) is 2.84. The number of carbonyl (C=O) groups excluding carboxylic acids is 1. The zero-order valence-electron chi connectivity index (χ0n) is 10.3. The zero-order valence-corrected chi connectivity index (χ0v) is 11.1. The van der Waals surface area contributed by atoms with Crippen molar-refractivity contribution < 1.29 is 4.79 Å². The van der Waals surface area contributed by atoms with Crippen LogP contribution in [0.1, 0.15) is 32.6 Å². The lowest BCUT2D eigenvalue weighted by Crippen LogP contribution is -2.33. The second-order valence-corrected chi connectivity index (χ2v) is 5.68. The van der Waals surface area contributed by atoms with Gasteiger partial charge in [0.15, 0.2) is 0 Å². The van der Waals surface area contributed by atoms with E-state index in [1.165, 1.54) is 25.7 Å². The average molecular weight is 244 g/mol. The van der Waals surface area contributed by atoms with E-state index in [-0.39, 0.29) is 0 Å². The molecule has 16 heavy (non-hydrogen) atoms. The SMILES string of the molecule is CC(CN)CSCC(=O)N1CCCCCC1. The first-order valence-electron chi connectivity index (χ1n) is 6.29. The molecule has 0 bridgehead atoms. The number of nitrogens with two attached hydrogens (primary N) is 1. The van der Waals surface area contributed by atoms with E-state index in [1.807, 2.05) is 4.90 Å². The van der Waals surface area contributed by atoms with Gasteiger partial charge in [0.25, 0.3) is 0 Å². The number of rotatable bonds is 5. The molecule has 0 radical (unpaired) electrons. The molecule has 0 saturated carbocycles. The summed E-state index contributed by atoms with van der Waals surface area (Å²) in [6.45, 7) is 4.77. The first-order chi connectivity index (χ1) is 7.74. The smallest absolute Gasteiger partial charge is 0.232 e. The van der Waals surface area contributed by atoms with Crippen molar-refractivity contribution in [2.24, 2.45) is 11.7 Å². The Kier molecular flexibility index (Phi) is 6.88. The van der Waals surface area contributed by atoms with Crippen LogP contribution < -0.4 is 5.73 Å². The highest BCUT2D eigenvalue weighted by Gasteiger charge is 2.15. The maximum atomic E-state index is 11.9. The Bertz CT molecular complexity index is 203. The van der Waals surface area contributed by atoms with E-state index < -0.39 is 0 Å². The number of likely N-dealkylation sites (tertiary alicyclic amines) is 1. The third-order valence-electron chi connectivity index (χ3n) is 2.99. The Hall–Kier alpha value is -0.220. The molecule has 1 amide bonds. The van der Waals surface area contributed by atoms with Crippen LogP contribution in [0, 0.1) is 5.92 Å². The number of nitrogens with zero attached hydrogens (tertiary/aromatic N) is 1. The van der Waals surface area contributed by atoms with Gasteiger partial charge in [-0.1, -0.05) is 19.8 Å². The fourth-order valence-electron chi connectivity index (χ4n) is 1.83. The minimum Gasteiger partial charge on any atom is -0.342 e. The lowest BCUT2D eigenvalue weighted by molar-refractivity contribution is -0.128. The Morgan fingerprint density at radius 1 is 1.31 bits per heavy atom. The van der Waals surface area contributed by atoms with Gasteiger partial charge in [-0.05, 0) is 31.1 Å². The second-order valence-electron chi connectivity index (χ2n) is 4.65. The predicted octanol–water partition coefficient (Wildman–Crippen LogP) is 1.72. The first-order valence-corrected chi connectivity index (χ1v) is 7.45. The molecule has 3 nitrogen and oxygen atoms in total. The number of hydrogen-bond acceptors (Lipinski definition) is 3. The Morgan fingerprint density at radius 2 is 1.94 bits per heavy atom. The van der Waals surface area contributed by atoms with E-state index in [0.29, 0.717) is 24.1 Å². The maximum absolute atomic E-state index is 11.9. The second kappa shape index (κ2) is 7.96. The van der Waals surface area contributed by atoms with Crippen LogP contribution in [-0.2, 0) is 4.79 Å². The van der Waals surface area contributed by atoms with E-state index in [0.717, 1.165) is 18.8 Å². The summed E-state index contributed by atoms with van der Waals surface area (Å²) >= 11 is 1.72. The number of thioether (sulfide) groups is 1. The van der Waals surface area contributed by atoms with Crippen molar-refractivity contribution in [3.05, 3.63) is 0 Å². The van der Waals surface area contributed by atoms with E-state index in [9.17, 15) is 4.79 Å². The van der Waals surface area contributed by atoms with Crippen LogP contribution in [0.25, 0.3) is 0 Å². The molecule has 1 unspecified atom stereocenters. The molecule has 0 aromatic rings. The van der Waals surface area contributed by atoms with Crippen LogP contribution in [0.15, 0.2) is 0 Å². The number of carbonyl (C=O) groups is 1. The summed E-state index contributed by atoms with van der Waals surface area (Å²) in [5, 5.41) is 0. The highest BCUT2D eigenvalue weighted by molar-refractivity contribution is 7.99. The van der Waals surface area contributed by atoms with Gasteiger partial charge in [0.1, 0.15) is 0 Å². The molecule has 1 aliphatic rings. The summed E-state index contributed by atoms with van der Waals surface area (Å²) in [6.07, 6.45) is 4.91. The van der Waals surface area contributed by atoms with Crippen molar-refractivity contribution in [2.45, 2.75) is 32.6 Å². The lowest BCUT2D eigenvalue weighted by Gasteiger charge is -2.20. The van der Waals surface area contributed by atoms with Gasteiger partial charge in [0.2, 0.25) is 5.91 Å². The summed E-state index contributed by atoms with van der Waals surface area (Å²) in [5.41, 5.74) is 5.54. The molecule has 2 N–H and O–H groups in total. The van der Waals surface area contributed by atoms with E-state index >= 15 is 0 Å². The highest BCUT2D eigenvalue weighted by Crippen LogP contribution is 2.13. The third-order valence-corrected chi connectivity index (χ3v) is 4.24. The Morgan fingerprint density at radius 3 is 2.50 bits per heavy atom. The van der Waals surface area contributed by atoms with Gasteiger partial charge >= 0.3 is 0 Å². The van der Waals surface area contributed by atoms with Crippen molar-refractivity contribution in [2.75, 3.05) is 31.1 Å². The first kappa shape index (κ1) is 13.8. The van der Waals surface area contributed by atoms with Gasteiger partial charge in [0.05, 0.1) is 5.75 Å². The highest BCUT2D eigenvalue weighted by atomic mass is 32.2. The van der Waals surface area contributed by atoms with Gasteiger partial charge in [-0.3, -0.25) is 4.79 Å². The molecule has 0 aromatic heterocycles. The van der Waals surface area contributed by atoms with Crippen molar-refractivity contribution in [1.82, 2.24) is 4.90 Å². The van der Waals surface area contributed by atoms with Gasteiger partial charge in [-0.2, -0.15) is 11.8 Å². The van der Waals surface area contributed by atoms with Crippen LogP contribution in [0.4, 0.5) is 0 Å². The van der Waals surface area contributed by atoms with Crippen molar-refractivity contribution in [3.8, 4) is 0 Å². The molecule has 1 fully saturated rings. The number of amides is 1. The summed E-state index contributed by atoms with van der Waals surface area (Å²) in [4.78, 5) is 13.9. The summed E-state index contributed by atoms with van der Waals surface area (Å²) in [6, 6.07) is 0. The molecule has 1 aliphatic heterocycles. The van der Waals surface area contributed by atoms with E-state index in [1.54, 1.807) is 11.8 Å². The van der Waals surface area contributed by atoms with Crippen molar-refractivity contribution in [3.63, 3.8) is 0 Å². The zero-order chi connectivity index (χ0) is 11.8. The molecule has 1 atom stereocenters. The quantitative estimate of drug-likeness (QED) is 0.801. The third kappa shape index (κ3) is 5.21. The Balaban J connectivity index is 2.17. The minimum atomic E-state index is 0.316. The summed E-state index contributed by atoms with van der Waals surface area (Å²) in [5.74, 6) is 2.46. The molecule has 1 rings (SSSR count). The molecule has 4 heteroatoms. The summed E-state index contributed by atoms with van der Waals surface area (Å²) in [7, 11) is 0. The van der Waals surface area contributed by atoms with Crippen molar-refractivity contribution in [1.29, 1.82) is 0 Å². The average Bonchev–Trinajstić information content (AvgIpc) is 2.57. The standard InChI is InChI=1S/C12H24N2OS/c1-11(8-13)9-16-10-12(15)14-6-4-2-3-5-7-14/h11H,2-10,13H2,1H3. The van der Waals surface area contributed by atoms with Gasteiger partial charge in [0, 0.05) is 13.1 Å². The van der Waals surface area contributed by atoms with Crippen LogP contribution in [0.5, 0.6) is 0 Å². The monoisotopic (exact) mass is 244 g/mol. The van der Waals surface area contributed by atoms with Crippen LogP contribution >= 0.6 is 11.8 Å². The topological polar surface area (TPSA) is 46.3 Å². The minimum absolute atomic E-state index is 0.316. The molecular formula is C12H24N2OS. The van der Waals surface area contributed by atoms with Crippen LogP contribution in [-0.4, -0.2) is 41.9 Å². The predicted molar refractivity (Wildman–Crippen MR) is 70.6 cm³/mol. The normalized spacial score (nSPS) is 19.2. The molecule has 1 heterocycles. The van der Waals surface area contributed by atoms with Crippen LogP contribution in [0.2, 0.25) is 0 Å². The largest absolute Gasteiger partial charge is 0.342 e. The number of hydrogen-bond donors (Lipinski definition) is 1. The molecule has 1 saturated heterocycles. The van der Waals surface area contributed by atoms with E-state index in [4.69, 9.17) is 5.73 Å². The molecule has 0 aromatic carbocycles. The molecule has 0 spiro atoms. The van der Waals surface area contributed by atoms with E-state index in [2.05, 4.69) is 6.92 Å². The van der Waals surface area contributed by atoms with Gasteiger partial charge in [-0.15, -0.1) is 0 Å².